The Morgan fingerprint density at radius 1 is 1.06 bits per heavy atom. The number of carbonyl (C=O) groups is 2. The molecule has 0 saturated carbocycles. The third kappa shape index (κ3) is 8.52. The van der Waals surface area contributed by atoms with Crippen molar-refractivity contribution in [3.8, 4) is 0 Å². The van der Waals surface area contributed by atoms with Crippen LogP contribution in [0.2, 0.25) is 0 Å². The van der Waals surface area contributed by atoms with Gasteiger partial charge in [-0.1, -0.05) is 30.4 Å². The van der Waals surface area contributed by atoms with E-state index in [9.17, 15) is 9.59 Å². The van der Waals surface area contributed by atoms with Gasteiger partial charge in [-0.25, -0.2) is 0 Å². The summed E-state index contributed by atoms with van der Waals surface area (Å²) in [5.74, 6) is -0.214. The average Bonchev–Trinajstić information content (AvgIpc) is 2.34. The molecule has 0 fully saturated rings. The van der Waals surface area contributed by atoms with Gasteiger partial charge in [-0.15, -0.1) is 5.70 Å². The normalized spacial score (nSPS) is 13.4. The lowest BCUT2D eigenvalue weighted by Crippen LogP contribution is -2.46. The molecule has 0 aromatic heterocycles. The zero-order valence-corrected chi connectivity index (χ0v) is 13.3. The van der Waals surface area contributed by atoms with E-state index in [1.54, 1.807) is 18.2 Å². The molecule has 0 radical (unpaired) electrons. The van der Waals surface area contributed by atoms with Crippen LogP contribution < -0.4 is 10.6 Å². The first-order valence-electron chi connectivity index (χ1n) is 6.07. The van der Waals surface area contributed by atoms with E-state index in [2.05, 4.69) is 10.6 Å². The summed E-state index contributed by atoms with van der Waals surface area (Å²) in [6.45, 7) is 3.72. The van der Waals surface area contributed by atoms with Crippen molar-refractivity contribution in [1.29, 1.82) is 0 Å². The van der Waals surface area contributed by atoms with Crippen molar-refractivity contribution >= 4 is 22.1 Å². The molecule has 5 heteroatoms. The van der Waals surface area contributed by atoms with Gasteiger partial charge in [0.15, 0.2) is 0 Å². The zero-order chi connectivity index (χ0) is 13.8. The maximum Gasteiger partial charge on any atom is 0.225 e. The minimum absolute atomic E-state index is 0.107. The number of allylic oxidation sites excluding steroid dienone is 2. The van der Waals surface area contributed by atoms with Crippen LogP contribution in [0.4, 0.5) is 0 Å². The van der Waals surface area contributed by atoms with Gasteiger partial charge in [0, 0.05) is 23.1 Å². The van der Waals surface area contributed by atoms with Crippen molar-refractivity contribution in [3.05, 3.63) is 36.1 Å². The van der Waals surface area contributed by atoms with Gasteiger partial charge in [-0.2, -0.15) is 0 Å². The second kappa shape index (κ2) is 10.5. The largest absolute Gasteiger partial charge is 0.332 e. The van der Waals surface area contributed by atoms with Crippen molar-refractivity contribution in [3.63, 3.8) is 0 Å². The van der Waals surface area contributed by atoms with Crippen molar-refractivity contribution in [2.45, 2.75) is 32.9 Å². The van der Waals surface area contributed by atoms with Gasteiger partial charge in [0.2, 0.25) is 11.8 Å². The minimum atomic E-state index is -0.419. The third-order valence-corrected chi connectivity index (χ3v) is 2.48. The molecule has 18 heavy (non-hydrogen) atoms. The summed E-state index contributed by atoms with van der Waals surface area (Å²) in [6.07, 6.45) is 9.23. The summed E-state index contributed by atoms with van der Waals surface area (Å²) in [7, 11) is 0.883. The molecule has 100 valence electrons. The molecule has 0 aliphatic rings. The van der Waals surface area contributed by atoms with Gasteiger partial charge in [0.05, 0.1) is 0 Å². The Morgan fingerprint density at radius 2 is 1.50 bits per heavy atom. The lowest BCUT2D eigenvalue weighted by atomic mass is 10.3. The monoisotopic (exact) mass is 266 g/mol. The van der Waals surface area contributed by atoms with Gasteiger partial charge in [-0.05, 0) is 13.8 Å². The van der Waals surface area contributed by atoms with E-state index in [0.717, 1.165) is 10.2 Å². The van der Waals surface area contributed by atoms with Crippen LogP contribution in [0.3, 0.4) is 0 Å². The van der Waals surface area contributed by atoms with E-state index in [4.69, 9.17) is 0 Å². The third-order valence-electron chi connectivity index (χ3n) is 2.10. The highest BCUT2D eigenvalue weighted by atomic mass is 28.1. The summed E-state index contributed by atoms with van der Waals surface area (Å²) >= 11 is 0. The van der Waals surface area contributed by atoms with Crippen LogP contribution in [0.5, 0.6) is 0 Å². The molecule has 2 N–H and O–H groups in total. The molecule has 0 aliphatic carbocycles. The average molecular weight is 266 g/mol. The Balaban J connectivity index is 4.29. The van der Waals surface area contributed by atoms with Gasteiger partial charge >= 0.3 is 0 Å². The summed E-state index contributed by atoms with van der Waals surface area (Å²) in [5.41, 5.74) is 1.93. The first-order valence-corrected chi connectivity index (χ1v) is 7.23. The van der Waals surface area contributed by atoms with Gasteiger partial charge in [0.25, 0.3) is 0 Å². The lowest BCUT2D eigenvalue weighted by molar-refractivity contribution is -0.122. The van der Waals surface area contributed by atoms with Crippen LogP contribution in [0.15, 0.2) is 36.1 Å². The minimum Gasteiger partial charge on any atom is -0.332 e. The zero-order valence-electron chi connectivity index (χ0n) is 11.3. The van der Waals surface area contributed by atoms with Crippen LogP contribution in [0, 0.1) is 0 Å². The van der Waals surface area contributed by atoms with E-state index in [1.165, 1.54) is 0 Å². The molecule has 0 heterocycles. The summed E-state index contributed by atoms with van der Waals surface area (Å²) in [4.78, 5) is 23.1. The second-order valence-corrected chi connectivity index (χ2v) is 4.35. The smallest absolute Gasteiger partial charge is 0.225 e. The fourth-order valence-corrected chi connectivity index (χ4v) is 1.62. The predicted octanol–water partition coefficient (Wildman–Crippen LogP) is 0.356. The molecule has 0 aromatic carbocycles. The summed E-state index contributed by atoms with van der Waals surface area (Å²) in [6, 6.07) is 0. The molecule has 2 amide bonds. The topological polar surface area (TPSA) is 58.2 Å². The molecule has 0 bridgehead atoms. The molecule has 0 rings (SSSR count). The Morgan fingerprint density at radius 3 is 1.83 bits per heavy atom. The number of amides is 2. The van der Waals surface area contributed by atoms with E-state index in [1.807, 2.05) is 31.7 Å². The first kappa shape index (κ1) is 16.4. The van der Waals surface area contributed by atoms with E-state index in [0.29, 0.717) is 12.8 Å². The predicted molar refractivity (Wildman–Crippen MR) is 78.0 cm³/mol. The SMILES string of the molecule is CC=CCC(=O)NC(C=C[SiH3])NC(=O)CC=CC. The van der Waals surface area contributed by atoms with Crippen molar-refractivity contribution in [2.75, 3.05) is 0 Å². The molecule has 0 saturated heterocycles. The Bertz CT molecular complexity index is 321. The molecule has 4 nitrogen and oxygen atoms in total. The van der Waals surface area contributed by atoms with Crippen LogP contribution in [0.1, 0.15) is 26.7 Å². The van der Waals surface area contributed by atoms with Crippen LogP contribution >= 0.6 is 0 Å². The van der Waals surface area contributed by atoms with Crippen LogP contribution in [-0.4, -0.2) is 28.2 Å². The fourth-order valence-electron chi connectivity index (χ4n) is 1.24. The molecular weight excluding hydrogens is 244 g/mol. The van der Waals surface area contributed by atoms with Crippen molar-refractivity contribution in [1.82, 2.24) is 10.6 Å². The number of nitrogens with one attached hydrogen (secondary N) is 2. The van der Waals surface area contributed by atoms with E-state index in [-0.39, 0.29) is 11.8 Å². The summed E-state index contributed by atoms with van der Waals surface area (Å²) < 4.78 is 0. The van der Waals surface area contributed by atoms with Gasteiger partial charge in [-0.3, -0.25) is 9.59 Å². The Labute approximate surface area is 112 Å². The van der Waals surface area contributed by atoms with Crippen LogP contribution in [0.25, 0.3) is 0 Å². The Hall–Kier alpha value is -1.62. The number of hydrogen-bond donors (Lipinski definition) is 2. The van der Waals surface area contributed by atoms with Gasteiger partial charge in [0.1, 0.15) is 6.17 Å². The van der Waals surface area contributed by atoms with Crippen LogP contribution in [-0.2, 0) is 9.59 Å². The molecule has 0 aliphatic heterocycles. The quantitative estimate of drug-likeness (QED) is 0.397. The van der Waals surface area contributed by atoms with E-state index >= 15 is 0 Å². The number of hydrogen-bond acceptors (Lipinski definition) is 2. The maximum absolute atomic E-state index is 11.5. The number of rotatable bonds is 7. The lowest BCUT2D eigenvalue weighted by Gasteiger charge is -2.16. The van der Waals surface area contributed by atoms with E-state index < -0.39 is 6.17 Å². The molecular formula is C13H22N2O2Si. The fraction of sp³-hybridized carbons (Fsp3) is 0.385. The highest BCUT2D eigenvalue weighted by Gasteiger charge is 2.09. The molecule has 0 aromatic rings. The van der Waals surface area contributed by atoms with Gasteiger partial charge < -0.3 is 10.6 Å². The van der Waals surface area contributed by atoms with Crippen molar-refractivity contribution < 1.29 is 9.59 Å². The standard InChI is InChI=1S/C13H22N2O2Si/c1-3-5-7-12(16)14-11(9-10-18)15-13(17)8-6-4-2/h3-6,9-11H,7-8H2,1-2,18H3,(H,14,16)(H,15,17). The first-order chi connectivity index (χ1) is 8.63. The molecule has 0 atom stereocenters. The summed E-state index contributed by atoms with van der Waals surface area (Å²) in [5, 5.41) is 5.50. The Kier molecular flexibility index (Phi) is 9.58. The second-order valence-electron chi connectivity index (χ2n) is 3.68. The maximum atomic E-state index is 11.5. The highest BCUT2D eigenvalue weighted by molar-refractivity contribution is 6.17. The highest BCUT2D eigenvalue weighted by Crippen LogP contribution is 1.90. The molecule has 0 unspecified atom stereocenters. The molecule has 0 spiro atoms. The number of carbonyl (C=O) groups excluding carboxylic acids is 2. The van der Waals surface area contributed by atoms with Crippen molar-refractivity contribution in [2.24, 2.45) is 0 Å².